The summed E-state index contributed by atoms with van der Waals surface area (Å²) in [7, 11) is 0. The van der Waals surface area contributed by atoms with Crippen LogP contribution in [0.3, 0.4) is 0 Å². The summed E-state index contributed by atoms with van der Waals surface area (Å²) < 4.78 is 0. The zero-order valence-electron chi connectivity index (χ0n) is 16.1. The van der Waals surface area contributed by atoms with Crippen molar-refractivity contribution >= 4 is 23.1 Å². The third-order valence-electron chi connectivity index (χ3n) is 4.90. The number of anilines is 4. The highest BCUT2D eigenvalue weighted by atomic mass is 15.3. The molecule has 0 radical (unpaired) electrons. The molecule has 1 N–H and O–H groups in total. The summed E-state index contributed by atoms with van der Waals surface area (Å²) in [6.07, 6.45) is 3.86. The van der Waals surface area contributed by atoms with E-state index in [2.05, 4.69) is 83.6 Å². The molecule has 0 saturated carbocycles. The van der Waals surface area contributed by atoms with Crippen molar-refractivity contribution in [1.82, 2.24) is 15.2 Å². The maximum atomic E-state index is 4.75. The summed E-state index contributed by atoms with van der Waals surface area (Å²) in [5, 5.41) is 11.9. The van der Waals surface area contributed by atoms with Crippen molar-refractivity contribution in [3.05, 3.63) is 65.9 Å². The van der Waals surface area contributed by atoms with Crippen LogP contribution in [-0.2, 0) is 11.8 Å². The van der Waals surface area contributed by atoms with E-state index in [9.17, 15) is 0 Å². The second-order valence-electron chi connectivity index (χ2n) is 7.95. The summed E-state index contributed by atoms with van der Waals surface area (Å²) in [5.41, 5.74) is 4.85. The molecule has 2 aromatic carbocycles. The van der Waals surface area contributed by atoms with Gasteiger partial charge in [0.2, 0.25) is 0 Å². The van der Waals surface area contributed by atoms with Crippen molar-refractivity contribution < 1.29 is 0 Å². The van der Waals surface area contributed by atoms with Crippen molar-refractivity contribution in [3.63, 3.8) is 0 Å². The van der Waals surface area contributed by atoms with Crippen LogP contribution < -0.4 is 10.2 Å². The molecule has 1 aromatic heterocycles. The molecule has 5 nitrogen and oxygen atoms in total. The molecule has 0 amide bonds. The Hall–Kier alpha value is -2.95. The molecular weight excluding hydrogens is 334 g/mol. The normalized spacial score (nSPS) is 14.0. The van der Waals surface area contributed by atoms with Crippen molar-refractivity contribution in [3.8, 4) is 0 Å². The minimum absolute atomic E-state index is 0.0404. The molecule has 4 rings (SSSR count). The first-order valence-electron chi connectivity index (χ1n) is 9.44. The molecular formula is C22H25N5. The maximum Gasteiger partial charge on any atom is 0.251 e. The zero-order valence-corrected chi connectivity index (χ0v) is 16.1. The van der Waals surface area contributed by atoms with Gasteiger partial charge in [0, 0.05) is 17.9 Å². The van der Waals surface area contributed by atoms with Gasteiger partial charge in [-0.25, -0.2) is 0 Å². The van der Waals surface area contributed by atoms with Gasteiger partial charge in [-0.05, 0) is 41.5 Å². The Morgan fingerprint density at radius 3 is 2.63 bits per heavy atom. The van der Waals surface area contributed by atoms with E-state index in [0.29, 0.717) is 11.8 Å². The summed E-state index contributed by atoms with van der Waals surface area (Å²) in [5.74, 6) is 1.35. The van der Waals surface area contributed by atoms with E-state index in [1.165, 1.54) is 16.8 Å². The molecule has 27 heavy (non-hydrogen) atoms. The Balaban J connectivity index is 1.66. The van der Waals surface area contributed by atoms with Crippen LogP contribution in [0.2, 0.25) is 0 Å². The predicted molar refractivity (Wildman–Crippen MR) is 110 cm³/mol. The highest BCUT2D eigenvalue weighted by molar-refractivity contribution is 5.66. The Labute approximate surface area is 160 Å². The van der Waals surface area contributed by atoms with Gasteiger partial charge in [0.15, 0.2) is 5.82 Å². The van der Waals surface area contributed by atoms with Crippen LogP contribution in [-0.4, -0.2) is 21.7 Å². The Morgan fingerprint density at radius 2 is 1.78 bits per heavy atom. The average molecular weight is 359 g/mol. The molecule has 5 heteroatoms. The summed E-state index contributed by atoms with van der Waals surface area (Å²) in [4.78, 5) is 6.91. The lowest BCUT2D eigenvalue weighted by molar-refractivity contribution is 0.592. The van der Waals surface area contributed by atoms with Crippen LogP contribution in [0.25, 0.3) is 0 Å². The standard InChI is InChI=1S/C22H25N5/c1-22(2,3)17-11-5-6-12-18(17)24-20-15-23-26-21(25-20)27-14-8-10-16-9-4-7-13-19(16)27/h4-7,9,11-13,15H,8,10,14H2,1-3H3,(H,24,25,26). The van der Waals surface area contributed by atoms with Gasteiger partial charge in [-0.1, -0.05) is 57.2 Å². The topological polar surface area (TPSA) is 53.9 Å². The second-order valence-corrected chi connectivity index (χ2v) is 7.95. The quantitative estimate of drug-likeness (QED) is 0.713. The fraction of sp³-hybridized carbons (Fsp3) is 0.318. The number of aryl methyl sites for hydroxylation is 1. The maximum absolute atomic E-state index is 4.75. The van der Waals surface area contributed by atoms with Gasteiger partial charge in [0.1, 0.15) is 0 Å². The van der Waals surface area contributed by atoms with Gasteiger partial charge in [0.05, 0.1) is 6.20 Å². The Morgan fingerprint density at radius 1 is 1.00 bits per heavy atom. The first-order valence-corrected chi connectivity index (χ1v) is 9.44. The molecule has 1 aliphatic heterocycles. The molecule has 0 atom stereocenters. The van der Waals surface area contributed by atoms with Gasteiger partial charge in [0.25, 0.3) is 5.95 Å². The lowest BCUT2D eigenvalue weighted by atomic mass is 9.86. The van der Waals surface area contributed by atoms with E-state index in [4.69, 9.17) is 4.98 Å². The van der Waals surface area contributed by atoms with Crippen LogP contribution in [0, 0.1) is 0 Å². The predicted octanol–water partition coefficient (Wildman–Crippen LogP) is 5.00. The van der Waals surface area contributed by atoms with E-state index >= 15 is 0 Å². The van der Waals surface area contributed by atoms with E-state index in [1.54, 1.807) is 6.20 Å². The van der Waals surface area contributed by atoms with Crippen molar-refractivity contribution in [2.75, 3.05) is 16.8 Å². The van der Waals surface area contributed by atoms with Crippen molar-refractivity contribution in [2.24, 2.45) is 0 Å². The molecule has 138 valence electrons. The van der Waals surface area contributed by atoms with Gasteiger partial charge >= 0.3 is 0 Å². The van der Waals surface area contributed by atoms with Crippen LogP contribution in [0.5, 0.6) is 0 Å². The van der Waals surface area contributed by atoms with Gasteiger partial charge < -0.3 is 10.2 Å². The number of nitrogens with zero attached hydrogens (tertiary/aromatic N) is 4. The minimum Gasteiger partial charge on any atom is -0.339 e. The number of benzene rings is 2. The molecule has 1 aliphatic rings. The summed E-state index contributed by atoms with van der Waals surface area (Å²) in [6, 6.07) is 16.8. The number of hydrogen-bond donors (Lipinski definition) is 1. The zero-order chi connectivity index (χ0) is 18.9. The van der Waals surface area contributed by atoms with E-state index < -0.39 is 0 Å². The smallest absolute Gasteiger partial charge is 0.251 e. The van der Waals surface area contributed by atoms with Crippen molar-refractivity contribution in [2.45, 2.75) is 39.0 Å². The number of nitrogens with one attached hydrogen (secondary N) is 1. The van der Waals surface area contributed by atoms with Crippen LogP contribution in [0.1, 0.15) is 38.3 Å². The largest absolute Gasteiger partial charge is 0.339 e. The Bertz CT molecular complexity index is 945. The minimum atomic E-state index is 0.0404. The third kappa shape index (κ3) is 3.63. The second kappa shape index (κ2) is 6.99. The summed E-state index contributed by atoms with van der Waals surface area (Å²) >= 11 is 0. The first kappa shape index (κ1) is 17.5. The van der Waals surface area contributed by atoms with Gasteiger partial charge in [-0.3, -0.25) is 0 Å². The van der Waals surface area contributed by atoms with E-state index in [0.717, 1.165) is 25.1 Å². The van der Waals surface area contributed by atoms with Gasteiger partial charge in [-0.15, -0.1) is 5.10 Å². The molecule has 0 aliphatic carbocycles. The van der Waals surface area contributed by atoms with Crippen LogP contribution in [0.4, 0.5) is 23.1 Å². The van der Waals surface area contributed by atoms with Crippen LogP contribution >= 0.6 is 0 Å². The molecule has 0 unspecified atom stereocenters. The highest BCUT2D eigenvalue weighted by Crippen LogP contribution is 2.33. The highest BCUT2D eigenvalue weighted by Gasteiger charge is 2.21. The number of hydrogen-bond acceptors (Lipinski definition) is 5. The fourth-order valence-corrected chi connectivity index (χ4v) is 3.59. The van der Waals surface area contributed by atoms with E-state index in [-0.39, 0.29) is 5.41 Å². The first-order chi connectivity index (χ1) is 13.0. The molecule has 0 fully saturated rings. The molecule has 2 heterocycles. The Kier molecular flexibility index (Phi) is 4.52. The lowest BCUT2D eigenvalue weighted by Gasteiger charge is -2.29. The number of aromatic nitrogens is 3. The summed E-state index contributed by atoms with van der Waals surface area (Å²) in [6.45, 7) is 7.53. The molecule has 0 bridgehead atoms. The average Bonchev–Trinajstić information content (AvgIpc) is 2.67. The molecule has 3 aromatic rings. The number of fused-ring (bicyclic) bond motifs is 1. The number of para-hydroxylation sites is 2. The van der Waals surface area contributed by atoms with Crippen LogP contribution in [0.15, 0.2) is 54.7 Å². The fourth-order valence-electron chi connectivity index (χ4n) is 3.59. The third-order valence-corrected chi connectivity index (χ3v) is 4.90. The number of rotatable bonds is 3. The SMILES string of the molecule is CC(C)(C)c1ccccc1Nc1cnnc(N2CCCc3ccccc32)n1. The monoisotopic (exact) mass is 359 g/mol. The lowest BCUT2D eigenvalue weighted by Crippen LogP contribution is -2.26. The molecule has 0 saturated heterocycles. The van der Waals surface area contributed by atoms with Gasteiger partial charge in [-0.2, -0.15) is 10.1 Å². The van der Waals surface area contributed by atoms with E-state index in [1.807, 2.05) is 6.07 Å². The van der Waals surface area contributed by atoms with Crippen molar-refractivity contribution in [1.29, 1.82) is 0 Å². The molecule has 0 spiro atoms.